The lowest BCUT2D eigenvalue weighted by atomic mass is 10.1. The summed E-state index contributed by atoms with van der Waals surface area (Å²) in [7, 11) is 4.14. The summed E-state index contributed by atoms with van der Waals surface area (Å²) in [5.74, 6) is 0. The topological polar surface area (TPSA) is 16.1 Å². The van der Waals surface area contributed by atoms with Gasteiger partial charge >= 0.3 is 0 Å². The first-order valence-corrected chi connectivity index (χ1v) is 4.27. The summed E-state index contributed by atoms with van der Waals surface area (Å²) >= 11 is 0. The molecule has 0 bridgehead atoms. The summed E-state index contributed by atoms with van der Waals surface area (Å²) in [6, 6.07) is 0. The van der Waals surface area contributed by atoms with Crippen molar-refractivity contribution in [3.63, 3.8) is 0 Å². The maximum atomic E-state index is 4.17. The molecule has 0 saturated carbocycles. The molecule has 0 aliphatic heterocycles. The van der Waals surface area contributed by atoms with Crippen LogP contribution in [0.2, 0.25) is 0 Å². The highest BCUT2D eigenvalue weighted by atomic mass is 15.1. The fourth-order valence-electron chi connectivity index (χ4n) is 1.51. The van der Waals surface area contributed by atoms with E-state index in [1.165, 1.54) is 16.8 Å². The Hall–Kier alpha value is -1.05. The van der Waals surface area contributed by atoms with E-state index in [1.54, 1.807) is 0 Å². The van der Waals surface area contributed by atoms with E-state index in [9.17, 15) is 0 Å². The van der Waals surface area contributed by atoms with Crippen molar-refractivity contribution in [1.82, 2.24) is 4.98 Å². The summed E-state index contributed by atoms with van der Waals surface area (Å²) in [4.78, 5) is 6.32. The Morgan fingerprint density at radius 2 is 2.00 bits per heavy atom. The number of anilines is 1. The van der Waals surface area contributed by atoms with Crippen molar-refractivity contribution in [2.45, 2.75) is 20.3 Å². The molecule has 0 unspecified atom stereocenters. The maximum absolute atomic E-state index is 4.17. The predicted octanol–water partition coefficient (Wildman–Crippen LogP) is 2.02. The fourth-order valence-corrected chi connectivity index (χ4v) is 1.51. The average molecular weight is 164 g/mol. The molecule has 0 aromatic carbocycles. The number of nitrogens with zero attached hydrogens (tertiary/aromatic N) is 2. The maximum Gasteiger partial charge on any atom is 0.0454 e. The summed E-state index contributed by atoms with van der Waals surface area (Å²) in [5.41, 5.74) is 3.88. The molecule has 0 aliphatic carbocycles. The molecule has 12 heavy (non-hydrogen) atoms. The highest BCUT2D eigenvalue weighted by molar-refractivity contribution is 5.56. The molecular formula is C10H16N2. The van der Waals surface area contributed by atoms with Crippen LogP contribution in [0.15, 0.2) is 12.4 Å². The molecule has 1 aromatic rings. The lowest BCUT2D eigenvalue weighted by Crippen LogP contribution is -2.13. The smallest absolute Gasteiger partial charge is 0.0454 e. The van der Waals surface area contributed by atoms with Crippen LogP contribution in [0.25, 0.3) is 0 Å². The second-order valence-electron chi connectivity index (χ2n) is 3.21. The van der Waals surface area contributed by atoms with Crippen LogP contribution in [-0.4, -0.2) is 19.1 Å². The van der Waals surface area contributed by atoms with Gasteiger partial charge < -0.3 is 4.90 Å². The lowest BCUT2D eigenvalue weighted by molar-refractivity contribution is 1.02. The zero-order valence-electron chi connectivity index (χ0n) is 8.26. The van der Waals surface area contributed by atoms with Gasteiger partial charge in [-0.1, -0.05) is 6.92 Å². The van der Waals surface area contributed by atoms with E-state index in [0.29, 0.717) is 0 Å². The first kappa shape index (κ1) is 9.04. The van der Waals surface area contributed by atoms with Crippen molar-refractivity contribution in [1.29, 1.82) is 0 Å². The van der Waals surface area contributed by atoms with Crippen LogP contribution < -0.4 is 4.90 Å². The first-order valence-electron chi connectivity index (χ1n) is 4.27. The minimum atomic E-state index is 1.04. The van der Waals surface area contributed by atoms with Gasteiger partial charge in [0.15, 0.2) is 0 Å². The zero-order valence-corrected chi connectivity index (χ0v) is 8.26. The molecular weight excluding hydrogens is 148 g/mol. The number of pyridine rings is 1. The molecule has 0 amide bonds. The quantitative estimate of drug-likeness (QED) is 0.664. The van der Waals surface area contributed by atoms with Gasteiger partial charge in [0.05, 0.1) is 0 Å². The molecule has 0 fully saturated rings. The van der Waals surface area contributed by atoms with Crippen LogP contribution in [-0.2, 0) is 6.42 Å². The van der Waals surface area contributed by atoms with Gasteiger partial charge in [0.2, 0.25) is 0 Å². The number of hydrogen-bond acceptors (Lipinski definition) is 2. The van der Waals surface area contributed by atoms with Gasteiger partial charge in [0, 0.05) is 32.2 Å². The van der Waals surface area contributed by atoms with Crippen LogP contribution in [0, 0.1) is 6.92 Å². The predicted molar refractivity (Wildman–Crippen MR) is 52.7 cm³/mol. The van der Waals surface area contributed by atoms with Crippen molar-refractivity contribution in [3.8, 4) is 0 Å². The summed E-state index contributed by atoms with van der Waals surface area (Å²) in [6.07, 6.45) is 4.90. The van der Waals surface area contributed by atoms with Crippen molar-refractivity contribution < 1.29 is 0 Å². The fraction of sp³-hybridized carbons (Fsp3) is 0.500. The van der Waals surface area contributed by atoms with E-state index in [4.69, 9.17) is 0 Å². The van der Waals surface area contributed by atoms with Gasteiger partial charge in [0.25, 0.3) is 0 Å². The van der Waals surface area contributed by atoms with Crippen LogP contribution in [0.1, 0.15) is 18.1 Å². The number of rotatable bonds is 2. The van der Waals surface area contributed by atoms with Crippen LogP contribution in [0.5, 0.6) is 0 Å². The molecule has 1 heterocycles. The molecule has 2 heteroatoms. The summed E-state index contributed by atoms with van der Waals surface area (Å²) < 4.78 is 0. The van der Waals surface area contributed by atoms with E-state index in [2.05, 4.69) is 37.8 Å². The number of hydrogen-bond donors (Lipinski definition) is 0. The minimum absolute atomic E-state index is 1.04. The number of aryl methyl sites for hydroxylation is 2. The van der Waals surface area contributed by atoms with E-state index < -0.39 is 0 Å². The number of aromatic nitrogens is 1. The van der Waals surface area contributed by atoms with Gasteiger partial charge in [0.1, 0.15) is 0 Å². The molecule has 1 rings (SSSR count). The monoisotopic (exact) mass is 164 g/mol. The second kappa shape index (κ2) is 3.57. The second-order valence-corrected chi connectivity index (χ2v) is 3.21. The Morgan fingerprint density at radius 1 is 1.33 bits per heavy atom. The van der Waals surface area contributed by atoms with E-state index in [0.717, 1.165) is 6.42 Å². The van der Waals surface area contributed by atoms with Crippen LogP contribution in [0.4, 0.5) is 5.69 Å². The largest absolute Gasteiger partial charge is 0.377 e. The van der Waals surface area contributed by atoms with Crippen LogP contribution in [0.3, 0.4) is 0 Å². The van der Waals surface area contributed by atoms with Gasteiger partial charge in [-0.15, -0.1) is 0 Å². The molecule has 0 aliphatic rings. The molecule has 0 saturated heterocycles. The highest BCUT2D eigenvalue weighted by Gasteiger charge is 2.05. The summed E-state index contributed by atoms with van der Waals surface area (Å²) in [5, 5.41) is 0. The van der Waals surface area contributed by atoms with Gasteiger partial charge in [-0.25, -0.2) is 0 Å². The average Bonchev–Trinajstić information content (AvgIpc) is 2.03. The van der Waals surface area contributed by atoms with Crippen molar-refractivity contribution in [3.05, 3.63) is 23.5 Å². The summed E-state index contributed by atoms with van der Waals surface area (Å²) in [6.45, 7) is 4.25. The normalized spacial score (nSPS) is 10.0. The van der Waals surface area contributed by atoms with Gasteiger partial charge in [-0.3, -0.25) is 4.98 Å². The molecule has 0 radical (unpaired) electrons. The minimum Gasteiger partial charge on any atom is -0.377 e. The van der Waals surface area contributed by atoms with Crippen molar-refractivity contribution in [2.75, 3.05) is 19.0 Å². The SMILES string of the molecule is CCc1cncc(C)c1N(C)C. The third kappa shape index (κ3) is 1.58. The first-order chi connectivity index (χ1) is 5.66. The highest BCUT2D eigenvalue weighted by Crippen LogP contribution is 2.21. The zero-order chi connectivity index (χ0) is 9.14. The van der Waals surface area contributed by atoms with Crippen LogP contribution >= 0.6 is 0 Å². The molecule has 66 valence electrons. The Bertz CT molecular complexity index is 267. The Balaban J connectivity index is 3.20. The third-order valence-corrected chi connectivity index (χ3v) is 2.00. The molecule has 0 spiro atoms. The molecule has 2 nitrogen and oxygen atoms in total. The Morgan fingerprint density at radius 3 is 2.42 bits per heavy atom. The van der Waals surface area contributed by atoms with Gasteiger partial charge in [-0.2, -0.15) is 0 Å². The molecule has 0 atom stereocenters. The Labute approximate surface area is 74.2 Å². The van der Waals surface area contributed by atoms with Gasteiger partial charge in [-0.05, 0) is 24.5 Å². The van der Waals surface area contributed by atoms with Crippen molar-refractivity contribution >= 4 is 5.69 Å². The molecule has 0 N–H and O–H groups in total. The Kier molecular flexibility index (Phi) is 2.69. The molecule has 1 aromatic heterocycles. The standard InChI is InChI=1S/C10H16N2/c1-5-9-7-11-6-8(2)10(9)12(3)4/h6-7H,5H2,1-4H3. The van der Waals surface area contributed by atoms with Crippen molar-refractivity contribution in [2.24, 2.45) is 0 Å². The third-order valence-electron chi connectivity index (χ3n) is 2.00. The lowest BCUT2D eigenvalue weighted by Gasteiger charge is -2.18. The van der Waals surface area contributed by atoms with E-state index in [1.807, 2.05) is 12.4 Å². The van der Waals surface area contributed by atoms with E-state index >= 15 is 0 Å². The van der Waals surface area contributed by atoms with E-state index in [-0.39, 0.29) is 0 Å².